The van der Waals surface area contributed by atoms with Gasteiger partial charge in [-0.05, 0) is 25.5 Å². The largest absolute Gasteiger partial charge is 0.338 e. The molecule has 1 aromatic carbocycles. The highest BCUT2D eigenvalue weighted by molar-refractivity contribution is 5.95. The second-order valence-corrected chi connectivity index (χ2v) is 4.93. The number of rotatable bonds is 2. The van der Waals surface area contributed by atoms with Crippen LogP contribution in [0.2, 0.25) is 0 Å². The maximum Gasteiger partial charge on any atom is 0.317 e. The number of piperazine rings is 1. The van der Waals surface area contributed by atoms with Crippen molar-refractivity contribution in [3.05, 3.63) is 35.4 Å². The third-order valence-electron chi connectivity index (χ3n) is 3.56. The smallest absolute Gasteiger partial charge is 0.317 e. The summed E-state index contributed by atoms with van der Waals surface area (Å²) in [7, 11) is 0. The highest BCUT2D eigenvalue weighted by Crippen LogP contribution is 2.12. The first-order valence-corrected chi connectivity index (χ1v) is 7.01. The molecule has 0 aliphatic carbocycles. The van der Waals surface area contributed by atoms with Crippen LogP contribution in [-0.4, -0.2) is 54.5 Å². The first kappa shape index (κ1) is 14.4. The number of hydrogen-bond acceptors (Lipinski definition) is 2. The second-order valence-electron chi connectivity index (χ2n) is 4.93. The number of carbonyl (C=O) groups excluding carboxylic acids is 2. The Hall–Kier alpha value is -2.04. The van der Waals surface area contributed by atoms with Crippen LogP contribution < -0.4 is 5.32 Å². The van der Waals surface area contributed by atoms with Crippen LogP contribution >= 0.6 is 0 Å². The van der Waals surface area contributed by atoms with Gasteiger partial charge in [-0.25, -0.2) is 4.79 Å². The molecule has 0 bridgehead atoms. The van der Waals surface area contributed by atoms with Gasteiger partial charge in [0.25, 0.3) is 5.91 Å². The molecule has 0 atom stereocenters. The molecule has 0 unspecified atom stereocenters. The molecule has 0 radical (unpaired) electrons. The molecule has 1 N–H and O–H groups in total. The monoisotopic (exact) mass is 275 g/mol. The van der Waals surface area contributed by atoms with Crippen molar-refractivity contribution in [2.45, 2.75) is 13.8 Å². The van der Waals surface area contributed by atoms with Gasteiger partial charge in [0.2, 0.25) is 0 Å². The Kier molecular flexibility index (Phi) is 4.61. The van der Waals surface area contributed by atoms with Gasteiger partial charge in [0.05, 0.1) is 0 Å². The zero-order valence-corrected chi connectivity index (χ0v) is 12.1. The number of benzene rings is 1. The average molecular weight is 275 g/mol. The van der Waals surface area contributed by atoms with Gasteiger partial charge < -0.3 is 15.1 Å². The fourth-order valence-corrected chi connectivity index (χ4v) is 2.36. The molecule has 5 heteroatoms. The number of hydrogen-bond donors (Lipinski definition) is 1. The number of carbonyl (C=O) groups is 2. The van der Waals surface area contributed by atoms with Crippen LogP contribution in [0.4, 0.5) is 4.79 Å². The van der Waals surface area contributed by atoms with E-state index < -0.39 is 0 Å². The van der Waals surface area contributed by atoms with E-state index >= 15 is 0 Å². The quantitative estimate of drug-likeness (QED) is 0.889. The van der Waals surface area contributed by atoms with E-state index in [-0.39, 0.29) is 11.9 Å². The summed E-state index contributed by atoms with van der Waals surface area (Å²) in [6.45, 7) is 6.82. The van der Waals surface area contributed by atoms with Gasteiger partial charge in [0.15, 0.2) is 0 Å². The topological polar surface area (TPSA) is 52.7 Å². The minimum atomic E-state index is -0.0458. The number of nitrogens with zero attached hydrogens (tertiary/aromatic N) is 2. The van der Waals surface area contributed by atoms with Crippen LogP contribution in [0.15, 0.2) is 24.3 Å². The number of urea groups is 1. The molecular weight excluding hydrogens is 254 g/mol. The number of nitrogens with one attached hydrogen (secondary N) is 1. The van der Waals surface area contributed by atoms with Crippen molar-refractivity contribution in [1.82, 2.24) is 15.1 Å². The lowest BCUT2D eigenvalue weighted by molar-refractivity contribution is 0.0664. The van der Waals surface area contributed by atoms with Crippen molar-refractivity contribution < 1.29 is 9.59 Å². The van der Waals surface area contributed by atoms with Gasteiger partial charge in [-0.15, -0.1) is 0 Å². The summed E-state index contributed by atoms with van der Waals surface area (Å²) in [5.74, 6) is 0.0543. The van der Waals surface area contributed by atoms with E-state index in [2.05, 4.69) is 5.32 Å². The zero-order chi connectivity index (χ0) is 14.5. The maximum atomic E-state index is 12.4. The highest BCUT2D eigenvalue weighted by atomic mass is 16.2. The van der Waals surface area contributed by atoms with Gasteiger partial charge >= 0.3 is 6.03 Å². The van der Waals surface area contributed by atoms with Crippen molar-refractivity contribution in [2.75, 3.05) is 32.7 Å². The predicted molar refractivity (Wildman–Crippen MR) is 77.7 cm³/mol. The number of aryl methyl sites for hydroxylation is 1. The summed E-state index contributed by atoms with van der Waals surface area (Å²) in [5.41, 5.74) is 1.74. The standard InChI is InChI=1S/C15H21N3O2/c1-3-16-15(20)18-10-8-17(9-11-18)14(19)13-7-5-4-6-12(13)2/h4-7H,3,8-11H2,1-2H3,(H,16,20). The minimum Gasteiger partial charge on any atom is -0.338 e. The summed E-state index contributed by atoms with van der Waals surface area (Å²) < 4.78 is 0. The molecule has 1 fully saturated rings. The summed E-state index contributed by atoms with van der Waals surface area (Å²) in [6, 6.07) is 7.56. The Morgan fingerprint density at radius 1 is 1.10 bits per heavy atom. The Labute approximate surface area is 119 Å². The fraction of sp³-hybridized carbons (Fsp3) is 0.467. The summed E-state index contributed by atoms with van der Waals surface area (Å²) in [4.78, 5) is 27.7. The van der Waals surface area contributed by atoms with Gasteiger partial charge in [-0.2, -0.15) is 0 Å². The minimum absolute atomic E-state index is 0.0458. The molecule has 0 aromatic heterocycles. The van der Waals surface area contributed by atoms with E-state index in [1.54, 1.807) is 4.90 Å². The molecule has 1 aliphatic heterocycles. The Balaban J connectivity index is 1.96. The van der Waals surface area contributed by atoms with Crippen LogP contribution in [0.25, 0.3) is 0 Å². The van der Waals surface area contributed by atoms with E-state index in [9.17, 15) is 9.59 Å². The first-order chi connectivity index (χ1) is 9.63. The molecule has 5 nitrogen and oxygen atoms in total. The van der Waals surface area contributed by atoms with Crippen LogP contribution in [0.5, 0.6) is 0 Å². The Morgan fingerprint density at radius 2 is 1.70 bits per heavy atom. The number of amides is 3. The molecule has 1 aromatic rings. The van der Waals surface area contributed by atoms with Crippen molar-refractivity contribution in [1.29, 1.82) is 0 Å². The van der Waals surface area contributed by atoms with E-state index in [1.165, 1.54) is 0 Å². The summed E-state index contributed by atoms with van der Waals surface area (Å²) in [5, 5.41) is 2.78. The van der Waals surface area contributed by atoms with Crippen LogP contribution in [0.1, 0.15) is 22.8 Å². The summed E-state index contributed by atoms with van der Waals surface area (Å²) in [6.07, 6.45) is 0. The molecule has 3 amide bonds. The second kappa shape index (κ2) is 6.41. The van der Waals surface area contributed by atoms with Gasteiger partial charge in [0.1, 0.15) is 0 Å². The normalized spacial score (nSPS) is 15.1. The lowest BCUT2D eigenvalue weighted by atomic mass is 10.1. The van der Waals surface area contributed by atoms with Crippen molar-refractivity contribution in [3.63, 3.8) is 0 Å². The van der Waals surface area contributed by atoms with Crippen LogP contribution in [-0.2, 0) is 0 Å². The molecule has 1 saturated heterocycles. The average Bonchev–Trinajstić information content (AvgIpc) is 2.47. The van der Waals surface area contributed by atoms with Crippen LogP contribution in [0, 0.1) is 6.92 Å². The molecule has 0 spiro atoms. The Morgan fingerprint density at radius 3 is 2.30 bits per heavy atom. The van der Waals surface area contributed by atoms with Crippen LogP contribution in [0.3, 0.4) is 0 Å². The van der Waals surface area contributed by atoms with E-state index in [4.69, 9.17) is 0 Å². The fourth-order valence-electron chi connectivity index (χ4n) is 2.36. The van der Waals surface area contributed by atoms with E-state index in [1.807, 2.05) is 43.0 Å². The summed E-state index contributed by atoms with van der Waals surface area (Å²) >= 11 is 0. The lowest BCUT2D eigenvalue weighted by Gasteiger charge is -2.34. The molecule has 0 saturated carbocycles. The zero-order valence-electron chi connectivity index (χ0n) is 12.1. The van der Waals surface area contributed by atoms with Gasteiger partial charge in [0, 0.05) is 38.3 Å². The Bertz CT molecular complexity index is 494. The van der Waals surface area contributed by atoms with Crippen molar-refractivity contribution in [3.8, 4) is 0 Å². The van der Waals surface area contributed by atoms with Gasteiger partial charge in [-0.3, -0.25) is 4.79 Å². The van der Waals surface area contributed by atoms with E-state index in [0.717, 1.165) is 11.1 Å². The molecule has 2 rings (SSSR count). The maximum absolute atomic E-state index is 12.4. The third-order valence-corrected chi connectivity index (χ3v) is 3.56. The molecule has 1 aliphatic rings. The third kappa shape index (κ3) is 3.10. The lowest BCUT2D eigenvalue weighted by Crippen LogP contribution is -2.53. The first-order valence-electron chi connectivity index (χ1n) is 7.01. The molecule has 20 heavy (non-hydrogen) atoms. The van der Waals surface area contributed by atoms with Gasteiger partial charge in [-0.1, -0.05) is 18.2 Å². The molecular formula is C15H21N3O2. The predicted octanol–water partition coefficient (Wildman–Crippen LogP) is 1.48. The SMILES string of the molecule is CCNC(=O)N1CCN(C(=O)c2ccccc2C)CC1. The highest BCUT2D eigenvalue weighted by Gasteiger charge is 2.24. The van der Waals surface area contributed by atoms with E-state index in [0.29, 0.717) is 32.7 Å². The van der Waals surface area contributed by atoms with Crippen molar-refractivity contribution >= 4 is 11.9 Å². The van der Waals surface area contributed by atoms with Crippen molar-refractivity contribution in [2.24, 2.45) is 0 Å². The molecule has 1 heterocycles. The molecule has 108 valence electrons.